The molecule has 0 aliphatic heterocycles. The first-order chi connectivity index (χ1) is 11.7. The fourth-order valence-electron chi connectivity index (χ4n) is 2.20. The molecule has 2 aromatic rings. The molecular formula is C17H19NO6S. The second-order valence-electron chi connectivity index (χ2n) is 5.81. The van der Waals surface area contributed by atoms with Crippen molar-refractivity contribution in [2.24, 2.45) is 0 Å². The molecule has 0 bridgehead atoms. The van der Waals surface area contributed by atoms with E-state index < -0.39 is 19.9 Å². The normalized spacial score (nSPS) is 11.4. The third kappa shape index (κ3) is 4.08. The molecule has 134 valence electrons. The predicted octanol–water partition coefficient (Wildman–Crippen LogP) is 3.80. The molecule has 2 aromatic carbocycles. The van der Waals surface area contributed by atoms with E-state index in [0.29, 0.717) is 5.56 Å². The van der Waals surface area contributed by atoms with E-state index in [2.05, 4.69) is 0 Å². The van der Waals surface area contributed by atoms with Crippen molar-refractivity contribution in [3.63, 3.8) is 0 Å². The Morgan fingerprint density at radius 3 is 2.32 bits per heavy atom. The van der Waals surface area contributed by atoms with E-state index in [1.54, 1.807) is 19.1 Å². The Labute approximate surface area is 146 Å². The van der Waals surface area contributed by atoms with Gasteiger partial charge in [0.1, 0.15) is 11.5 Å². The predicted molar refractivity (Wildman–Crippen MR) is 92.7 cm³/mol. The van der Waals surface area contributed by atoms with Gasteiger partial charge >= 0.3 is 10.1 Å². The van der Waals surface area contributed by atoms with E-state index in [0.717, 1.165) is 11.6 Å². The first-order valence-corrected chi connectivity index (χ1v) is 8.94. The minimum absolute atomic E-state index is 0.0248. The summed E-state index contributed by atoms with van der Waals surface area (Å²) >= 11 is 0. The zero-order valence-electron chi connectivity index (χ0n) is 14.3. The lowest BCUT2D eigenvalue weighted by molar-refractivity contribution is -0.385. The van der Waals surface area contributed by atoms with Gasteiger partial charge in [0, 0.05) is 12.1 Å². The summed E-state index contributed by atoms with van der Waals surface area (Å²) in [6.07, 6.45) is 0. The third-order valence-electron chi connectivity index (χ3n) is 3.71. The average Bonchev–Trinajstić information content (AvgIpc) is 2.55. The number of hydrogen-bond donors (Lipinski definition) is 0. The molecule has 0 atom stereocenters. The lowest BCUT2D eigenvalue weighted by Gasteiger charge is -2.14. The molecule has 0 aliphatic carbocycles. The molecule has 0 N–H and O–H groups in total. The van der Waals surface area contributed by atoms with Crippen molar-refractivity contribution >= 4 is 15.8 Å². The zero-order chi connectivity index (χ0) is 18.8. The van der Waals surface area contributed by atoms with E-state index >= 15 is 0 Å². The van der Waals surface area contributed by atoms with Gasteiger partial charge in [-0.3, -0.25) is 10.1 Å². The number of hydrogen-bond acceptors (Lipinski definition) is 6. The van der Waals surface area contributed by atoms with Crippen molar-refractivity contribution in [1.29, 1.82) is 0 Å². The van der Waals surface area contributed by atoms with Crippen LogP contribution in [0.5, 0.6) is 11.5 Å². The van der Waals surface area contributed by atoms with Gasteiger partial charge in [0.15, 0.2) is 4.90 Å². The second kappa shape index (κ2) is 7.10. The highest BCUT2D eigenvalue weighted by Gasteiger charge is 2.26. The van der Waals surface area contributed by atoms with Crippen molar-refractivity contribution in [1.82, 2.24) is 0 Å². The molecule has 25 heavy (non-hydrogen) atoms. The molecule has 0 heterocycles. The Morgan fingerprint density at radius 1 is 1.08 bits per heavy atom. The van der Waals surface area contributed by atoms with Crippen LogP contribution in [0.25, 0.3) is 0 Å². The first-order valence-electron chi connectivity index (χ1n) is 7.53. The van der Waals surface area contributed by atoms with Crippen LogP contribution in [0, 0.1) is 17.0 Å². The number of rotatable bonds is 6. The fourth-order valence-corrected chi connectivity index (χ4v) is 3.37. The lowest BCUT2D eigenvalue weighted by atomic mass is 10.0. The largest absolute Gasteiger partial charge is 0.495 e. The molecule has 7 nitrogen and oxygen atoms in total. The molecule has 0 radical (unpaired) electrons. The maximum absolute atomic E-state index is 12.7. The fraction of sp³-hybridized carbons (Fsp3) is 0.294. The van der Waals surface area contributed by atoms with E-state index in [1.807, 2.05) is 19.9 Å². The van der Waals surface area contributed by atoms with Gasteiger partial charge in [-0.25, -0.2) is 0 Å². The Kier molecular flexibility index (Phi) is 5.32. The maximum atomic E-state index is 12.7. The monoisotopic (exact) mass is 365 g/mol. The van der Waals surface area contributed by atoms with Crippen molar-refractivity contribution in [2.45, 2.75) is 31.6 Å². The quantitative estimate of drug-likeness (QED) is 0.439. The summed E-state index contributed by atoms with van der Waals surface area (Å²) in [5.74, 6) is 0.348. The van der Waals surface area contributed by atoms with E-state index in [-0.39, 0.29) is 23.1 Å². The van der Waals surface area contributed by atoms with Gasteiger partial charge in [-0.05, 0) is 36.1 Å². The van der Waals surface area contributed by atoms with Crippen molar-refractivity contribution in [2.75, 3.05) is 7.11 Å². The van der Waals surface area contributed by atoms with Crippen LogP contribution in [0.3, 0.4) is 0 Å². The number of nitrogens with zero attached hydrogens (tertiary/aromatic N) is 1. The molecule has 0 aliphatic rings. The Bertz CT molecular complexity index is 905. The molecule has 8 heteroatoms. The summed E-state index contributed by atoms with van der Waals surface area (Å²) in [5.41, 5.74) is 1.19. The SMILES string of the molecule is COc1ccc([N+](=O)[O-])cc1S(=O)(=O)Oc1cc(C(C)C)ccc1C. The van der Waals surface area contributed by atoms with Crippen LogP contribution in [0.4, 0.5) is 5.69 Å². The zero-order valence-corrected chi connectivity index (χ0v) is 15.2. The van der Waals surface area contributed by atoms with Crippen LogP contribution in [0.15, 0.2) is 41.3 Å². The van der Waals surface area contributed by atoms with Crippen LogP contribution in [0.1, 0.15) is 30.9 Å². The summed E-state index contributed by atoms with van der Waals surface area (Å²) in [5, 5.41) is 10.9. The minimum Gasteiger partial charge on any atom is -0.495 e. The highest BCUT2D eigenvalue weighted by Crippen LogP contribution is 2.32. The topological polar surface area (TPSA) is 95.7 Å². The molecule has 0 unspecified atom stereocenters. The van der Waals surface area contributed by atoms with Crippen LogP contribution >= 0.6 is 0 Å². The third-order valence-corrected chi connectivity index (χ3v) is 4.96. The Balaban J connectivity index is 2.51. The first kappa shape index (κ1) is 18.7. The van der Waals surface area contributed by atoms with Gasteiger partial charge in [-0.1, -0.05) is 26.0 Å². The highest BCUT2D eigenvalue weighted by atomic mass is 32.2. The number of benzene rings is 2. The molecule has 0 spiro atoms. The van der Waals surface area contributed by atoms with Crippen LogP contribution in [-0.4, -0.2) is 20.5 Å². The molecule has 0 aromatic heterocycles. The number of aryl methyl sites for hydroxylation is 1. The second-order valence-corrected chi connectivity index (χ2v) is 7.32. The van der Waals surface area contributed by atoms with Gasteiger partial charge < -0.3 is 8.92 Å². The Hall–Kier alpha value is -2.61. The molecule has 0 saturated carbocycles. The van der Waals surface area contributed by atoms with Crippen LogP contribution in [0.2, 0.25) is 0 Å². The van der Waals surface area contributed by atoms with Crippen molar-refractivity contribution < 1.29 is 22.3 Å². The Morgan fingerprint density at radius 2 is 1.76 bits per heavy atom. The summed E-state index contributed by atoms with van der Waals surface area (Å²) < 4.78 is 35.6. The summed E-state index contributed by atoms with van der Waals surface area (Å²) in [4.78, 5) is 9.87. The van der Waals surface area contributed by atoms with Crippen LogP contribution < -0.4 is 8.92 Å². The summed E-state index contributed by atoms with van der Waals surface area (Å²) in [7, 11) is -3.02. The summed E-state index contributed by atoms with van der Waals surface area (Å²) in [6, 6.07) is 8.64. The smallest absolute Gasteiger partial charge is 0.343 e. The van der Waals surface area contributed by atoms with Crippen LogP contribution in [-0.2, 0) is 10.1 Å². The molecule has 0 amide bonds. The number of methoxy groups -OCH3 is 1. The lowest BCUT2D eigenvalue weighted by Crippen LogP contribution is -2.12. The van der Waals surface area contributed by atoms with Crippen molar-refractivity contribution in [3.05, 3.63) is 57.6 Å². The average molecular weight is 365 g/mol. The standard InChI is InChI=1S/C17H19NO6S/c1-11(2)13-6-5-12(3)16(9-13)24-25(21,22)17-10-14(18(19)20)7-8-15(17)23-4/h5-11H,1-4H3. The van der Waals surface area contributed by atoms with Gasteiger partial charge in [-0.2, -0.15) is 8.42 Å². The van der Waals surface area contributed by atoms with Gasteiger partial charge in [0.05, 0.1) is 12.0 Å². The van der Waals surface area contributed by atoms with Gasteiger partial charge in [-0.15, -0.1) is 0 Å². The highest BCUT2D eigenvalue weighted by molar-refractivity contribution is 7.87. The van der Waals surface area contributed by atoms with E-state index in [9.17, 15) is 18.5 Å². The molecule has 2 rings (SSSR count). The number of ether oxygens (including phenoxy) is 1. The molecule has 0 fully saturated rings. The number of non-ortho nitro benzene ring substituents is 1. The van der Waals surface area contributed by atoms with E-state index in [1.165, 1.54) is 19.2 Å². The number of nitro groups is 1. The number of nitro benzene ring substituents is 1. The molecule has 0 saturated heterocycles. The summed E-state index contributed by atoms with van der Waals surface area (Å²) in [6.45, 7) is 5.68. The van der Waals surface area contributed by atoms with Gasteiger partial charge in [0.2, 0.25) is 0 Å². The molecular weight excluding hydrogens is 346 g/mol. The van der Waals surface area contributed by atoms with Gasteiger partial charge in [0.25, 0.3) is 5.69 Å². The minimum atomic E-state index is -4.31. The maximum Gasteiger partial charge on any atom is 0.343 e. The van der Waals surface area contributed by atoms with E-state index in [4.69, 9.17) is 8.92 Å². The van der Waals surface area contributed by atoms with Crippen molar-refractivity contribution in [3.8, 4) is 11.5 Å².